The molecule has 0 unspecified atom stereocenters. The molecule has 0 radical (unpaired) electrons. The number of H-pyrrole nitrogens is 1. The Labute approximate surface area is 120 Å². The molecule has 1 amide bonds. The van der Waals surface area contributed by atoms with E-state index in [0.29, 0.717) is 19.1 Å². The van der Waals surface area contributed by atoms with Crippen LogP contribution < -0.4 is 0 Å². The largest absolute Gasteiger partial charge is 0.448 e. The topological polar surface area (TPSA) is 61.5 Å². The summed E-state index contributed by atoms with van der Waals surface area (Å²) in [5.41, 5.74) is 2.12. The number of carbonyl (C=O) groups excluding carboxylic acids is 1. The molecule has 6 heteroatoms. The minimum atomic E-state index is -0.237. The van der Waals surface area contributed by atoms with E-state index in [1.165, 1.54) is 0 Å². The molecule has 0 fully saturated rings. The van der Waals surface area contributed by atoms with Crippen molar-refractivity contribution in [3.8, 4) is 0 Å². The monoisotopic (exact) mass is 280 g/mol. The number of ether oxygens (including phenoxy) is 1. The van der Waals surface area contributed by atoms with Crippen molar-refractivity contribution in [2.24, 2.45) is 5.92 Å². The minimum Gasteiger partial charge on any atom is -0.448 e. The third-order valence-corrected chi connectivity index (χ3v) is 3.60. The summed E-state index contributed by atoms with van der Waals surface area (Å²) in [7, 11) is 3.92. The van der Waals surface area contributed by atoms with Crippen LogP contribution in [0.25, 0.3) is 0 Å². The molecule has 0 bridgehead atoms. The normalized spacial score (nSPS) is 18.5. The van der Waals surface area contributed by atoms with Gasteiger partial charge in [0, 0.05) is 25.2 Å². The third kappa shape index (κ3) is 3.12. The molecule has 112 valence electrons. The number of fused-ring (bicyclic) bond motifs is 1. The first-order chi connectivity index (χ1) is 9.50. The molecule has 2 rings (SSSR count). The van der Waals surface area contributed by atoms with Gasteiger partial charge in [-0.1, -0.05) is 13.8 Å². The maximum absolute atomic E-state index is 12.3. The Balaban J connectivity index is 2.05. The summed E-state index contributed by atoms with van der Waals surface area (Å²) in [6.07, 6.45) is 2.28. The van der Waals surface area contributed by atoms with Gasteiger partial charge in [-0.15, -0.1) is 0 Å². The second kappa shape index (κ2) is 6.26. The number of nitrogens with zero attached hydrogens (tertiary/aromatic N) is 3. The number of carbonyl (C=O) groups is 1. The Morgan fingerprint density at radius 3 is 3.00 bits per heavy atom. The van der Waals surface area contributed by atoms with Crippen LogP contribution in [0.2, 0.25) is 0 Å². The van der Waals surface area contributed by atoms with Crippen LogP contribution in [-0.4, -0.2) is 59.7 Å². The number of nitrogens with one attached hydrogen (secondary N) is 1. The SMILES string of the molecule is CC(C)[C@H]1c2nc[nH]c2CCN1C(=O)OCCN(C)C. The standard InChI is InChI=1S/C14H24N4O2/c1-10(2)13-12-11(15-9-16-12)5-6-18(13)14(19)20-8-7-17(3)4/h9-10,13H,5-8H2,1-4H3,(H,15,16)/t13-/m0/s1. The van der Waals surface area contributed by atoms with E-state index < -0.39 is 0 Å². The van der Waals surface area contributed by atoms with Gasteiger partial charge in [0.25, 0.3) is 0 Å². The Morgan fingerprint density at radius 1 is 1.60 bits per heavy atom. The number of imidazole rings is 1. The summed E-state index contributed by atoms with van der Waals surface area (Å²) in [5.74, 6) is 0.304. The van der Waals surface area contributed by atoms with E-state index in [2.05, 4.69) is 23.8 Å². The summed E-state index contributed by atoms with van der Waals surface area (Å²) in [6, 6.07) is -0.00291. The van der Waals surface area contributed by atoms with Gasteiger partial charge in [-0.05, 0) is 20.0 Å². The molecule has 0 saturated carbocycles. The molecule has 1 aliphatic heterocycles. The molecule has 6 nitrogen and oxygen atoms in total. The number of aromatic amines is 1. The van der Waals surface area contributed by atoms with E-state index >= 15 is 0 Å². The Kier molecular flexibility index (Phi) is 4.65. The first kappa shape index (κ1) is 14.8. The minimum absolute atomic E-state index is 0.00291. The Morgan fingerprint density at radius 2 is 2.35 bits per heavy atom. The van der Waals surface area contributed by atoms with E-state index in [1.807, 2.05) is 23.9 Å². The Hall–Kier alpha value is -1.56. The Bertz CT molecular complexity index is 456. The predicted octanol–water partition coefficient (Wildman–Crippen LogP) is 1.66. The number of aromatic nitrogens is 2. The van der Waals surface area contributed by atoms with Crippen molar-refractivity contribution in [1.29, 1.82) is 0 Å². The lowest BCUT2D eigenvalue weighted by Gasteiger charge is -2.36. The summed E-state index contributed by atoms with van der Waals surface area (Å²) < 4.78 is 5.37. The van der Waals surface area contributed by atoms with Crippen LogP contribution in [0.1, 0.15) is 31.3 Å². The zero-order chi connectivity index (χ0) is 14.7. The van der Waals surface area contributed by atoms with Crippen LogP contribution in [0.4, 0.5) is 4.79 Å². The molecule has 1 aliphatic rings. The molecule has 1 N–H and O–H groups in total. The number of hydrogen-bond donors (Lipinski definition) is 1. The highest BCUT2D eigenvalue weighted by molar-refractivity contribution is 5.68. The van der Waals surface area contributed by atoms with Crippen LogP contribution in [0.15, 0.2) is 6.33 Å². The van der Waals surface area contributed by atoms with Gasteiger partial charge in [0.2, 0.25) is 0 Å². The number of rotatable bonds is 4. The lowest BCUT2D eigenvalue weighted by Crippen LogP contribution is -2.43. The van der Waals surface area contributed by atoms with Gasteiger partial charge in [0.15, 0.2) is 0 Å². The number of amides is 1. The van der Waals surface area contributed by atoms with Crippen LogP contribution in [-0.2, 0) is 11.2 Å². The van der Waals surface area contributed by atoms with Gasteiger partial charge >= 0.3 is 6.09 Å². The molecular formula is C14H24N4O2. The zero-order valence-electron chi connectivity index (χ0n) is 12.7. The third-order valence-electron chi connectivity index (χ3n) is 3.60. The first-order valence-electron chi connectivity index (χ1n) is 7.11. The fourth-order valence-electron chi connectivity index (χ4n) is 2.58. The molecule has 0 aliphatic carbocycles. The second-order valence-electron chi connectivity index (χ2n) is 5.82. The van der Waals surface area contributed by atoms with Crippen molar-refractivity contribution in [3.63, 3.8) is 0 Å². The zero-order valence-corrected chi connectivity index (χ0v) is 12.7. The summed E-state index contributed by atoms with van der Waals surface area (Å²) in [6.45, 7) is 6.04. The van der Waals surface area contributed by atoms with Gasteiger partial charge in [0.1, 0.15) is 6.61 Å². The van der Waals surface area contributed by atoms with Crippen LogP contribution in [0.3, 0.4) is 0 Å². The van der Waals surface area contributed by atoms with Crippen LogP contribution >= 0.6 is 0 Å². The summed E-state index contributed by atoms with van der Waals surface area (Å²) in [5, 5.41) is 0. The van der Waals surface area contributed by atoms with E-state index in [1.54, 1.807) is 6.33 Å². The number of likely N-dealkylation sites (N-methyl/N-ethyl adjacent to an activating group) is 1. The van der Waals surface area contributed by atoms with E-state index in [4.69, 9.17) is 4.74 Å². The van der Waals surface area contributed by atoms with E-state index in [-0.39, 0.29) is 12.1 Å². The molecule has 2 heterocycles. The summed E-state index contributed by atoms with van der Waals surface area (Å²) >= 11 is 0. The highest BCUT2D eigenvalue weighted by Gasteiger charge is 2.35. The first-order valence-corrected chi connectivity index (χ1v) is 7.11. The lowest BCUT2D eigenvalue weighted by atomic mass is 9.94. The van der Waals surface area contributed by atoms with Crippen molar-refractivity contribution < 1.29 is 9.53 Å². The smallest absolute Gasteiger partial charge is 0.410 e. The molecule has 1 aromatic heterocycles. The quantitative estimate of drug-likeness (QED) is 0.911. The molecule has 0 aromatic carbocycles. The molecule has 1 aromatic rings. The van der Waals surface area contributed by atoms with Gasteiger partial charge in [-0.2, -0.15) is 0 Å². The lowest BCUT2D eigenvalue weighted by molar-refractivity contribution is 0.0661. The molecule has 20 heavy (non-hydrogen) atoms. The van der Waals surface area contributed by atoms with Crippen molar-refractivity contribution >= 4 is 6.09 Å². The molecule has 0 saturated heterocycles. The predicted molar refractivity (Wildman–Crippen MR) is 76.5 cm³/mol. The van der Waals surface area contributed by atoms with E-state index in [0.717, 1.165) is 24.4 Å². The van der Waals surface area contributed by atoms with Gasteiger partial charge in [-0.3, -0.25) is 4.90 Å². The van der Waals surface area contributed by atoms with E-state index in [9.17, 15) is 4.79 Å². The average Bonchev–Trinajstić information content (AvgIpc) is 2.84. The highest BCUT2D eigenvalue weighted by Crippen LogP contribution is 2.33. The van der Waals surface area contributed by atoms with Crippen LogP contribution in [0.5, 0.6) is 0 Å². The maximum Gasteiger partial charge on any atom is 0.410 e. The van der Waals surface area contributed by atoms with Gasteiger partial charge in [-0.25, -0.2) is 9.78 Å². The highest BCUT2D eigenvalue weighted by atomic mass is 16.6. The molecule has 1 atom stereocenters. The molecule has 0 spiro atoms. The number of hydrogen-bond acceptors (Lipinski definition) is 4. The fourth-order valence-corrected chi connectivity index (χ4v) is 2.58. The van der Waals surface area contributed by atoms with Gasteiger partial charge < -0.3 is 14.6 Å². The maximum atomic E-state index is 12.3. The van der Waals surface area contributed by atoms with Crippen LogP contribution in [0, 0.1) is 5.92 Å². The van der Waals surface area contributed by atoms with Crippen molar-refractivity contribution in [2.75, 3.05) is 33.8 Å². The average molecular weight is 280 g/mol. The van der Waals surface area contributed by atoms with Gasteiger partial charge in [0.05, 0.1) is 18.1 Å². The second-order valence-corrected chi connectivity index (χ2v) is 5.82. The molecular weight excluding hydrogens is 256 g/mol. The summed E-state index contributed by atoms with van der Waals surface area (Å²) in [4.78, 5) is 23.6. The fraction of sp³-hybridized carbons (Fsp3) is 0.714. The van der Waals surface area contributed by atoms with Crippen molar-refractivity contribution in [3.05, 3.63) is 17.7 Å². The van der Waals surface area contributed by atoms with Crippen molar-refractivity contribution in [1.82, 2.24) is 19.8 Å². The van der Waals surface area contributed by atoms with Crippen molar-refractivity contribution in [2.45, 2.75) is 26.3 Å².